The molecule has 20 heavy (non-hydrogen) atoms. The summed E-state index contributed by atoms with van der Waals surface area (Å²) in [5, 5.41) is 17.4. The van der Waals surface area contributed by atoms with E-state index >= 15 is 0 Å². The highest BCUT2D eigenvalue weighted by Gasteiger charge is 2.35. The molecule has 0 radical (unpaired) electrons. The SMILES string of the molecule is CC1CN(S(=O)(=O)c2ccc(C(=O)O)o2)CC(CO)O1. The van der Waals surface area contributed by atoms with Crippen molar-refractivity contribution >= 4 is 16.0 Å². The zero-order valence-corrected chi connectivity index (χ0v) is 11.5. The zero-order valence-electron chi connectivity index (χ0n) is 10.7. The van der Waals surface area contributed by atoms with Gasteiger partial charge in [-0.2, -0.15) is 4.31 Å². The third kappa shape index (κ3) is 2.85. The van der Waals surface area contributed by atoms with E-state index < -0.39 is 32.9 Å². The van der Waals surface area contributed by atoms with Crippen molar-refractivity contribution in [1.29, 1.82) is 0 Å². The summed E-state index contributed by atoms with van der Waals surface area (Å²) in [5.41, 5.74) is 0. The van der Waals surface area contributed by atoms with Gasteiger partial charge in [0.1, 0.15) is 0 Å². The van der Waals surface area contributed by atoms with Gasteiger partial charge in [0.05, 0.1) is 18.8 Å². The Kier molecular flexibility index (Phi) is 4.14. The molecule has 2 atom stereocenters. The molecule has 9 heteroatoms. The zero-order chi connectivity index (χ0) is 14.9. The molecule has 1 aromatic rings. The summed E-state index contributed by atoms with van der Waals surface area (Å²) < 4.78 is 36.0. The number of sulfonamides is 1. The van der Waals surface area contributed by atoms with E-state index in [0.717, 1.165) is 16.4 Å². The van der Waals surface area contributed by atoms with Crippen LogP contribution >= 0.6 is 0 Å². The maximum absolute atomic E-state index is 12.3. The Morgan fingerprint density at radius 2 is 2.15 bits per heavy atom. The average molecular weight is 305 g/mol. The van der Waals surface area contributed by atoms with Gasteiger partial charge in [0.15, 0.2) is 0 Å². The summed E-state index contributed by atoms with van der Waals surface area (Å²) in [6, 6.07) is 2.19. The van der Waals surface area contributed by atoms with Crippen molar-refractivity contribution in [1.82, 2.24) is 4.31 Å². The van der Waals surface area contributed by atoms with Crippen LogP contribution in [0.3, 0.4) is 0 Å². The Labute approximate surface area is 115 Å². The van der Waals surface area contributed by atoms with Crippen LogP contribution in [0, 0.1) is 0 Å². The van der Waals surface area contributed by atoms with Gasteiger partial charge in [-0.1, -0.05) is 0 Å². The lowest BCUT2D eigenvalue weighted by molar-refractivity contribution is -0.0752. The molecule has 1 aromatic heterocycles. The maximum Gasteiger partial charge on any atom is 0.371 e. The lowest BCUT2D eigenvalue weighted by Gasteiger charge is -2.34. The van der Waals surface area contributed by atoms with E-state index in [1.807, 2.05) is 0 Å². The minimum atomic E-state index is -3.94. The molecule has 0 bridgehead atoms. The highest BCUT2D eigenvalue weighted by molar-refractivity contribution is 7.89. The summed E-state index contributed by atoms with van der Waals surface area (Å²) in [7, 11) is -3.94. The maximum atomic E-state index is 12.3. The summed E-state index contributed by atoms with van der Waals surface area (Å²) in [5.74, 6) is -1.78. The lowest BCUT2D eigenvalue weighted by atomic mass is 10.2. The summed E-state index contributed by atoms with van der Waals surface area (Å²) >= 11 is 0. The molecule has 1 fully saturated rings. The number of carboxylic acid groups (broad SMARTS) is 1. The van der Waals surface area contributed by atoms with Crippen molar-refractivity contribution in [3.05, 3.63) is 17.9 Å². The first kappa shape index (κ1) is 15.0. The molecule has 0 spiro atoms. The Morgan fingerprint density at radius 3 is 2.70 bits per heavy atom. The number of hydrogen-bond acceptors (Lipinski definition) is 6. The van der Waals surface area contributed by atoms with Gasteiger partial charge in [-0.05, 0) is 19.1 Å². The summed E-state index contributed by atoms with van der Waals surface area (Å²) in [6.07, 6.45) is -0.980. The van der Waals surface area contributed by atoms with Gasteiger partial charge in [0, 0.05) is 13.1 Å². The number of rotatable bonds is 4. The number of aliphatic hydroxyl groups is 1. The summed E-state index contributed by atoms with van der Waals surface area (Å²) in [6.45, 7) is 1.50. The fourth-order valence-electron chi connectivity index (χ4n) is 2.00. The van der Waals surface area contributed by atoms with Gasteiger partial charge in [-0.3, -0.25) is 0 Å². The number of nitrogens with zero attached hydrogens (tertiary/aromatic N) is 1. The number of hydrogen-bond donors (Lipinski definition) is 2. The molecule has 2 heterocycles. The number of aliphatic hydroxyl groups excluding tert-OH is 1. The van der Waals surface area contributed by atoms with Crippen LogP contribution in [0.15, 0.2) is 21.6 Å². The molecule has 1 aliphatic rings. The molecule has 2 rings (SSSR count). The second kappa shape index (κ2) is 5.52. The number of morpholine rings is 1. The monoisotopic (exact) mass is 305 g/mol. The third-order valence-corrected chi connectivity index (χ3v) is 4.59. The number of carboxylic acids is 1. The quantitative estimate of drug-likeness (QED) is 0.787. The predicted octanol–water partition coefficient (Wildman–Crippen LogP) is -0.252. The van der Waals surface area contributed by atoms with Gasteiger partial charge in [-0.25, -0.2) is 13.2 Å². The van der Waals surface area contributed by atoms with Crippen molar-refractivity contribution in [2.75, 3.05) is 19.7 Å². The van der Waals surface area contributed by atoms with Crippen LogP contribution in [0.1, 0.15) is 17.5 Å². The van der Waals surface area contributed by atoms with Crippen LogP contribution in [-0.2, 0) is 14.8 Å². The van der Waals surface area contributed by atoms with Crippen molar-refractivity contribution < 1.29 is 32.6 Å². The van der Waals surface area contributed by atoms with Crippen molar-refractivity contribution in [3.63, 3.8) is 0 Å². The number of carbonyl (C=O) groups is 1. The topological polar surface area (TPSA) is 117 Å². The molecule has 0 aliphatic carbocycles. The van der Waals surface area contributed by atoms with E-state index in [1.165, 1.54) is 0 Å². The van der Waals surface area contributed by atoms with Gasteiger partial charge >= 0.3 is 5.97 Å². The molecule has 1 saturated heterocycles. The normalized spacial score (nSPS) is 24.7. The molecule has 112 valence electrons. The Hall–Kier alpha value is -1.42. The average Bonchev–Trinajstić information content (AvgIpc) is 2.88. The Bertz CT molecular complexity index is 594. The van der Waals surface area contributed by atoms with Crippen LogP contribution in [0.5, 0.6) is 0 Å². The molecule has 0 aromatic carbocycles. The standard InChI is InChI=1S/C11H15NO7S/c1-7-4-12(5-8(6-13)18-7)20(16,17)10-3-2-9(19-10)11(14)15/h2-3,7-8,13H,4-6H2,1H3,(H,14,15). The molecular weight excluding hydrogens is 290 g/mol. The highest BCUT2D eigenvalue weighted by atomic mass is 32.2. The first-order chi connectivity index (χ1) is 9.34. The summed E-state index contributed by atoms with van der Waals surface area (Å²) in [4.78, 5) is 10.7. The first-order valence-electron chi connectivity index (χ1n) is 5.94. The van der Waals surface area contributed by atoms with Crippen LogP contribution in [-0.4, -0.2) is 60.8 Å². The molecular formula is C11H15NO7S. The van der Waals surface area contributed by atoms with Crippen molar-refractivity contribution in [2.45, 2.75) is 24.2 Å². The van der Waals surface area contributed by atoms with E-state index in [9.17, 15) is 13.2 Å². The molecule has 0 amide bonds. The highest BCUT2D eigenvalue weighted by Crippen LogP contribution is 2.22. The van der Waals surface area contributed by atoms with Crippen molar-refractivity contribution in [3.8, 4) is 0 Å². The van der Waals surface area contributed by atoms with Gasteiger partial charge in [0.2, 0.25) is 10.9 Å². The lowest BCUT2D eigenvalue weighted by Crippen LogP contribution is -2.50. The van der Waals surface area contributed by atoms with Gasteiger partial charge < -0.3 is 19.4 Å². The minimum Gasteiger partial charge on any atom is -0.475 e. The van der Waals surface area contributed by atoms with E-state index in [4.69, 9.17) is 19.4 Å². The van der Waals surface area contributed by atoms with Crippen LogP contribution in [0.2, 0.25) is 0 Å². The van der Waals surface area contributed by atoms with Crippen LogP contribution in [0.25, 0.3) is 0 Å². The van der Waals surface area contributed by atoms with Crippen molar-refractivity contribution in [2.24, 2.45) is 0 Å². The molecule has 2 N–H and O–H groups in total. The molecule has 2 unspecified atom stereocenters. The van der Waals surface area contributed by atoms with Crippen LogP contribution in [0.4, 0.5) is 0 Å². The number of furan rings is 1. The fourth-order valence-corrected chi connectivity index (χ4v) is 3.46. The Morgan fingerprint density at radius 1 is 1.45 bits per heavy atom. The van der Waals surface area contributed by atoms with E-state index in [0.29, 0.717) is 0 Å². The fraction of sp³-hybridized carbons (Fsp3) is 0.545. The van der Waals surface area contributed by atoms with E-state index in [-0.39, 0.29) is 25.8 Å². The third-order valence-electron chi connectivity index (χ3n) is 2.88. The van der Waals surface area contributed by atoms with Gasteiger partial charge in [0.25, 0.3) is 10.0 Å². The number of ether oxygens (including phenoxy) is 1. The van der Waals surface area contributed by atoms with E-state index in [2.05, 4.69) is 0 Å². The predicted molar refractivity (Wildman–Crippen MR) is 65.8 cm³/mol. The second-order valence-electron chi connectivity index (χ2n) is 4.50. The Balaban J connectivity index is 2.26. The largest absolute Gasteiger partial charge is 0.475 e. The smallest absolute Gasteiger partial charge is 0.371 e. The molecule has 0 saturated carbocycles. The molecule has 1 aliphatic heterocycles. The minimum absolute atomic E-state index is 0.00766. The molecule has 8 nitrogen and oxygen atoms in total. The second-order valence-corrected chi connectivity index (χ2v) is 6.37. The van der Waals surface area contributed by atoms with Gasteiger partial charge in [-0.15, -0.1) is 0 Å². The number of aromatic carboxylic acids is 1. The van der Waals surface area contributed by atoms with Crippen LogP contribution < -0.4 is 0 Å². The first-order valence-corrected chi connectivity index (χ1v) is 7.38. The van der Waals surface area contributed by atoms with E-state index in [1.54, 1.807) is 6.92 Å².